The van der Waals surface area contributed by atoms with Crippen LogP contribution in [0, 0.1) is 55.4 Å². The van der Waals surface area contributed by atoms with Crippen LogP contribution in [0.15, 0.2) is 138 Å². The molecule has 0 unspecified atom stereocenters. The van der Waals surface area contributed by atoms with Crippen molar-refractivity contribution >= 4 is 144 Å². The summed E-state index contributed by atoms with van der Waals surface area (Å²) in [6.45, 7) is 32.2. The molecule has 3 saturated heterocycles. The number of hydrogen-bond donors (Lipinski definition) is 8. The van der Waals surface area contributed by atoms with Gasteiger partial charge in [-0.25, -0.2) is 9.59 Å². The molecule has 744 valence electrons. The smallest absolute Gasteiger partial charge is 0.494 e. The molecule has 0 aliphatic carbocycles. The molecule has 6 aromatic carbocycles. The molecule has 5 aliphatic rings. The van der Waals surface area contributed by atoms with Crippen molar-refractivity contribution in [3.05, 3.63) is 199 Å². The lowest BCUT2D eigenvalue weighted by atomic mass is 9.79. The number of amides is 4. The summed E-state index contributed by atoms with van der Waals surface area (Å²) in [7, 11) is 14.5. The van der Waals surface area contributed by atoms with Crippen molar-refractivity contribution in [1.82, 2.24) is 79.8 Å². The molecule has 0 atom stereocenters. The summed E-state index contributed by atoms with van der Waals surface area (Å²) in [4.78, 5) is 103. The van der Waals surface area contributed by atoms with Gasteiger partial charge in [0.15, 0.2) is 31.2 Å². The summed E-state index contributed by atoms with van der Waals surface area (Å²) in [5.41, 5.74) is 16.9. The number of Topliss-reactive ketones (excluding diaryl/α,β-unsaturated/α-hetero) is 2. The number of aromatic amines is 2. The fraction of sp³-hybridized carbons (Fsp3) is 0.356. The highest BCUT2D eigenvalue weighted by molar-refractivity contribution is 9.10. The zero-order chi connectivity index (χ0) is 101. The molecule has 40 heteroatoms. The number of carbonyl (C=O) groups excluding carboxylic acids is 7. The molecule has 0 bridgehead atoms. The van der Waals surface area contributed by atoms with Crippen LogP contribution < -0.4 is 55.2 Å². The van der Waals surface area contributed by atoms with Gasteiger partial charge < -0.3 is 112 Å². The van der Waals surface area contributed by atoms with Crippen LogP contribution in [-0.2, 0) is 13.1 Å². The highest BCUT2D eigenvalue weighted by Crippen LogP contribution is 2.44. The van der Waals surface area contributed by atoms with Crippen molar-refractivity contribution in [3.63, 3.8) is 0 Å². The molecule has 8 N–H and O–H groups in total. The number of anilines is 2. The quantitative estimate of drug-likeness (QED) is 0.0135. The molecule has 5 aliphatic heterocycles. The van der Waals surface area contributed by atoms with Crippen molar-refractivity contribution in [3.8, 4) is 68.3 Å². The Morgan fingerprint density at radius 1 is 0.475 bits per heavy atom. The van der Waals surface area contributed by atoms with Crippen LogP contribution in [0.5, 0.6) is 34.5 Å². The number of piperazine rings is 3. The van der Waals surface area contributed by atoms with E-state index in [9.17, 15) is 33.6 Å². The monoisotopic (exact) mass is 2010 g/mol. The lowest BCUT2D eigenvalue weighted by Crippen LogP contribution is -2.45. The number of ether oxygens (including phenoxy) is 6. The third-order valence-electron chi connectivity index (χ3n) is 25.2. The van der Waals surface area contributed by atoms with Gasteiger partial charge in [-0.1, -0.05) is 20.6 Å². The normalized spacial score (nSPS) is 14.6. The lowest BCUT2D eigenvalue weighted by Gasteiger charge is -2.32. The van der Waals surface area contributed by atoms with E-state index in [-0.39, 0.29) is 36.0 Å². The maximum Gasteiger partial charge on any atom is 0.494 e. The number of carbonyl (C=O) groups is 7. The Balaban J connectivity index is 0.000000148. The minimum atomic E-state index is -1.48. The number of aromatic nitrogens is 8. The standard InChI is InChI=1S/C32H36N6O5.C22H28N4O3.C15H14N2O3.C10H8BrNO2.C10H10N2O3.C7H15ClN2.C5H8BNO3/c1-19-29(20(2)43-35-19)30-24(18-28-31(39)25-16-21(34-32(40)33-3)6-9-27(25)42-28)23-17-22(41-5)7-8-26(23)38(30)15-14-37-12-10-36(4)11-13-37;1-15-21(16(2)29-23-15)22-19(14-27)18-13-17(28-4)5-6-20(18)26(22)12-11-25-9-7-24(3)8-10-25;1-8-14(9(2)20-17-8)15-12(7-18)11-6-10(19-3)4-5-13(11)16-15;1-14-6-2-3-9-7(4-6)8(5-13)10(11)12-9;1-11-10(14)12-6-2-3-9-7(4-6)8(13)5-15-9;1-9-4-6-10(3-2-8)7-5-9;1-3-5(6(8)9)4(2)10-7-3/h6-9,16-18H,10-15H2,1-5H3,(H2,33,34,40);5-6,13-14H,7-12H2,1-4H3;4-7,16H,1-3H3;2-5,12H,1H3;2-4H,5H2,1H3,(H2,11,12,14);2-7H2,1H3;8-9H,1-2H3/b28-18-;;;;;;. The van der Waals surface area contributed by atoms with E-state index in [1.165, 1.54) is 40.3 Å². The topological polar surface area (TPSA) is 428 Å². The predicted octanol–water partition coefficient (Wildman–Crippen LogP) is 14.0. The molecule has 4 amide bonds. The van der Waals surface area contributed by atoms with Crippen molar-refractivity contribution in [2.24, 2.45) is 0 Å². The Morgan fingerprint density at radius 2 is 0.879 bits per heavy atom. The van der Waals surface area contributed by atoms with Crippen LogP contribution in [0.3, 0.4) is 0 Å². The SMILES string of the molecule is CN1CCN(CCCl)CC1.CNC(=O)Nc1ccc2c(c1)C(=O)/C(=C/c1c(-c3c(C)noc3C)n(CCN3CCN(C)CC3)c3ccc(OC)cc13)O2.CNC(=O)Nc1ccc2c(c1)C(=O)CO2.COc1ccc2[nH]c(-c3c(C)noc3C)c(C=O)c2c1.COc1ccc2[nH]c(Br)c(C=O)c2c1.COc1ccc2c(c1)c(C=O)c(-c1c(C)noc1C)n2CCN1CCN(C)CC1.Cc1noc(C)c1B(O)O. The van der Waals surface area contributed by atoms with Gasteiger partial charge in [-0.05, 0) is 208 Å². The zero-order valence-corrected chi connectivity index (χ0v) is 84.5. The number of halogens is 2. The summed E-state index contributed by atoms with van der Waals surface area (Å²) >= 11 is 8.90. The highest BCUT2D eigenvalue weighted by Gasteiger charge is 2.34. The minimum absolute atomic E-state index is 0.0643. The Morgan fingerprint density at radius 3 is 1.30 bits per heavy atom. The Bertz CT molecular complexity index is 6780. The van der Waals surface area contributed by atoms with Gasteiger partial charge in [0, 0.05) is 208 Å². The largest absolute Gasteiger partial charge is 0.497 e. The number of aryl methyl sites for hydroxylation is 8. The van der Waals surface area contributed by atoms with E-state index in [4.69, 9.17) is 63.6 Å². The first-order chi connectivity index (χ1) is 67.9. The maximum absolute atomic E-state index is 13.7. The van der Waals surface area contributed by atoms with E-state index < -0.39 is 7.12 Å². The number of H-pyrrole nitrogens is 2. The van der Waals surface area contributed by atoms with Crippen molar-refractivity contribution < 1.29 is 90.1 Å². The van der Waals surface area contributed by atoms with E-state index in [2.05, 4.69) is 138 Å². The van der Waals surface area contributed by atoms with Gasteiger partial charge in [0.1, 0.15) is 57.5 Å². The van der Waals surface area contributed by atoms with Crippen LogP contribution in [0.25, 0.3) is 83.5 Å². The molecular weight excluding hydrogens is 1900 g/mol. The number of ketones is 2. The van der Waals surface area contributed by atoms with E-state index in [0.29, 0.717) is 95.2 Å². The second kappa shape index (κ2) is 48.0. The number of nitrogens with one attached hydrogen (secondary N) is 6. The van der Waals surface area contributed by atoms with Gasteiger partial charge in [0.25, 0.3) is 0 Å². The van der Waals surface area contributed by atoms with E-state index >= 15 is 0 Å². The second-order valence-electron chi connectivity index (χ2n) is 34.4. The molecule has 8 aromatic heterocycles. The van der Waals surface area contributed by atoms with E-state index in [1.807, 2.05) is 114 Å². The molecule has 37 nitrogen and oxygen atoms in total. The number of urea groups is 2. The van der Waals surface area contributed by atoms with Gasteiger partial charge in [-0.3, -0.25) is 38.7 Å². The summed E-state index contributed by atoms with van der Waals surface area (Å²) in [5, 5.41) is 47.1. The molecule has 19 rings (SSSR count). The Hall–Kier alpha value is -13.7. The molecule has 0 radical (unpaired) electrons. The number of allylic oxidation sites excluding steroid dienone is 1. The number of aldehydes is 3. The fourth-order valence-electron chi connectivity index (χ4n) is 17.4. The average Bonchev–Trinajstić information content (AvgIpc) is 1.60. The summed E-state index contributed by atoms with van der Waals surface area (Å²) < 4.78 is 58.7. The molecule has 14 aromatic rings. The van der Waals surface area contributed by atoms with Crippen molar-refractivity contribution in [1.29, 1.82) is 0 Å². The first-order valence-corrected chi connectivity index (χ1v) is 47.2. The Kier molecular flexibility index (Phi) is 35.6. The summed E-state index contributed by atoms with van der Waals surface area (Å²) in [6, 6.07) is 32.4. The number of methoxy groups -OCH3 is 4. The van der Waals surface area contributed by atoms with Gasteiger partial charge in [0.2, 0.25) is 11.6 Å². The summed E-state index contributed by atoms with van der Waals surface area (Å²) in [5.74, 6) is 7.10. The number of rotatable bonds is 22. The number of alkyl halides is 1. The van der Waals surface area contributed by atoms with Crippen LogP contribution in [-0.4, -0.2) is 303 Å². The molecule has 141 heavy (non-hydrogen) atoms. The number of benzene rings is 6. The summed E-state index contributed by atoms with van der Waals surface area (Å²) in [6.07, 6.45) is 4.42. The van der Waals surface area contributed by atoms with Gasteiger partial charge >= 0.3 is 19.2 Å². The maximum atomic E-state index is 13.7. The van der Waals surface area contributed by atoms with Crippen LogP contribution >= 0.6 is 27.5 Å². The molecule has 0 spiro atoms. The van der Waals surface area contributed by atoms with E-state index in [0.717, 1.165) is 227 Å². The van der Waals surface area contributed by atoms with Gasteiger partial charge in [-0.2, -0.15) is 0 Å². The lowest BCUT2D eigenvalue weighted by molar-refractivity contribution is 0.0959. The van der Waals surface area contributed by atoms with E-state index in [1.54, 1.807) is 78.7 Å². The van der Waals surface area contributed by atoms with Crippen LogP contribution in [0.1, 0.15) is 103 Å². The Labute approximate surface area is 829 Å². The highest BCUT2D eigenvalue weighted by atomic mass is 79.9. The minimum Gasteiger partial charge on any atom is -0.497 e. The van der Waals surface area contributed by atoms with Crippen LogP contribution in [0.4, 0.5) is 21.0 Å². The number of nitrogens with zero attached hydrogens (tertiary/aromatic N) is 12. The average molecular weight is 2020 g/mol. The second-order valence-corrected chi connectivity index (χ2v) is 35.5. The molecule has 3 fully saturated rings. The molecule has 0 saturated carbocycles. The number of fused-ring (bicyclic) bond motifs is 6. The molecule has 13 heterocycles. The van der Waals surface area contributed by atoms with Crippen molar-refractivity contribution in [2.75, 3.05) is 185 Å². The van der Waals surface area contributed by atoms with Gasteiger partial charge in [-0.15, -0.1) is 11.6 Å². The first-order valence-electron chi connectivity index (χ1n) is 45.9. The first kappa shape index (κ1) is 105. The van der Waals surface area contributed by atoms with Gasteiger partial charge in [0.05, 0.1) is 106 Å². The molecular formula is C101H119BBrClN18O19. The number of likely N-dealkylation sites (N-methyl/N-ethyl adjacent to an activating group) is 3. The number of hydrogen-bond acceptors (Lipinski definition) is 29. The third kappa shape index (κ3) is 24.5. The zero-order valence-electron chi connectivity index (χ0n) is 82.2. The van der Waals surface area contributed by atoms with Crippen molar-refractivity contribution in [2.45, 2.75) is 68.5 Å². The third-order valence-corrected chi connectivity index (χ3v) is 26.0. The van der Waals surface area contributed by atoms with Crippen LogP contribution in [0.2, 0.25) is 0 Å². The predicted molar refractivity (Wildman–Crippen MR) is 546 cm³/mol. The fourth-order valence-corrected chi connectivity index (χ4v) is 18.2.